The third kappa shape index (κ3) is 7.68. The van der Waals surface area contributed by atoms with Crippen LogP contribution in [0.15, 0.2) is 55.2 Å². The number of benzene rings is 1. The summed E-state index contributed by atoms with van der Waals surface area (Å²) < 4.78 is 1.07. The van der Waals surface area contributed by atoms with E-state index in [9.17, 15) is 0 Å². The van der Waals surface area contributed by atoms with Crippen molar-refractivity contribution >= 4 is 11.4 Å². The zero-order valence-electron chi connectivity index (χ0n) is 17.3. The van der Waals surface area contributed by atoms with Crippen LogP contribution >= 0.6 is 0 Å². The van der Waals surface area contributed by atoms with E-state index in [1.165, 1.54) is 6.33 Å². The molecular weight excluding hydrogens is 428 g/mol. The molecule has 0 aliphatic carbocycles. The Morgan fingerprint density at radius 1 is 1.07 bits per heavy atom. The molecule has 1 aromatic carbocycles. The number of aromatic amines is 1. The van der Waals surface area contributed by atoms with E-state index in [2.05, 4.69) is 52.2 Å². The van der Waals surface area contributed by atoms with Gasteiger partial charge in [-0.25, -0.2) is 4.98 Å². The molecule has 0 bridgehead atoms. The largest absolute Gasteiger partial charge is 1.00 e. The molecule has 0 fully saturated rings. The van der Waals surface area contributed by atoms with Crippen molar-refractivity contribution < 1.29 is 21.5 Å². The van der Waals surface area contributed by atoms with Gasteiger partial charge in [-0.05, 0) is 45.0 Å². The summed E-state index contributed by atoms with van der Waals surface area (Å²) >= 11 is 0. The first-order valence-corrected chi connectivity index (χ1v) is 9.57. The summed E-state index contributed by atoms with van der Waals surface area (Å²) in [4.78, 5) is 7.19. The number of anilines is 2. The molecule has 0 aliphatic rings. The van der Waals surface area contributed by atoms with E-state index < -0.39 is 0 Å². The van der Waals surface area contributed by atoms with Gasteiger partial charge in [0.05, 0.1) is 31.5 Å². The van der Waals surface area contributed by atoms with Crippen LogP contribution < -0.4 is 22.3 Å². The van der Waals surface area contributed by atoms with Gasteiger partial charge in [-0.2, -0.15) is 5.10 Å². The number of terminal acetylenes is 1. The third-order valence-corrected chi connectivity index (χ3v) is 4.97. The summed E-state index contributed by atoms with van der Waals surface area (Å²) in [6, 6.07) is 9.72. The van der Waals surface area contributed by atoms with E-state index in [1.807, 2.05) is 42.7 Å². The van der Waals surface area contributed by atoms with Crippen LogP contribution in [-0.2, 0) is 6.54 Å². The molecule has 0 atom stereocenters. The first kappa shape index (κ1) is 24.3. The Balaban J connectivity index is 0.000000280. The van der Waals surface area contributed by atoms with Gasteiger partial charge in [-0.3, -0.25) is 0 Å². The fourth-order valence-electron chi connectivity index (χ4n) is 2.95. The second-order valence-electron chi connectivity index (χ2n) is 6.49. The van der Waals surface area contributed by atoms with E-state index in [1.54, 1.807) is 6.20 Å². The van der Waals surface area contributed by atoms with Crippen LogP contribution in [0.3, 0.4) is 0 Å². The van der Waals surface area contributed by atoms with Crippen LogP contribution in [-0.4, -0.2) is 44.3 Å². The molecule has 0 amide bonds. The fraction of sp³-hybridized carbons (Fsp3) is 0.318. The van der Waals surface area contributed by atoms with Crippen LogP contribution in [0, 0.1) is 12.3 Å². The van der Waals surface area contributed by atoms with Crippen LogP contribution in [0.25, 0.3) is 0 Å². The molecule has 29 heavy (non-hydrogen) atoms. The van der Waals surface area contributed by atoms with Gasteiger partial charge in [-0.1, -0.05) is 12.0 Å². The highest BCUT2D eigenvalue weighted by atomic mass is 79.9. The lowest BCUT2D eigenvalue weighted by Gasteiger charge is -2.35. The number of aromatic nitrogens is 4. The molecule has 7 heteroatoms. The number of nitrogens with zero attached hydrogens (tertiary/aromatic N) is 4. The second-order valence-corrected chi connectivity index (χ2v) is 6.49. The zero-order chi connectivity index (χ0) is 20.2. The molecule has 6 nitrogen and oxygen atoms in total. The lowest BCUT2D eigenvalue weighted by Crippen LogP contribution is -3.00. The molecular formula is C22H29BrN6. The zero-order valence-corrected chi connectivity index (χ0v) is 18.9. The van der Waals surface area contributed by atoms with Crippen LogP contribution in [0.5, 0.6) is 0 Å². The summed E-state index contributed by atoms with van der Waals surface area (Å²) in [6.07, 6.45) is 12.3. The highest BCUT2D eigenvalue weighted by molar-refractivity contribution is 5.60. The predicted octanol–water partition coefficient (Wildman–Crippen LogP) is 0.992. The molecule has 3 rings (SSSR count). The summed E-state index contributed by atoms with van der Waals surface area (Å²) in [5, 5.41) is 10.8. The van der Waals surface area contributed by atoms with Gasteiger partial charge in [0, 0.05) is 23.6 Å². The van der Waals surface area contributed by atoms with Crippen molar-refractivity contribution in [3.05, 3.63) is 66.5 Å². The Morgan fingerprint density at radius 3 is 2.38 bits per heavy atom. The smallest absolute Gasteiger partial charge is 0.138 e. The van der Waals surface area contributed by atoms with Crippen molar-refractivity contribution in [2.24, 2.45) is 0 Å². The number of quaternary nitrogens is 1. The average molecular weight is 457 g/mol. The highest BCUT2D eigenvalue weighted by Crippen LogP contribution is 2.16. The van der Waals surface area contributed by atoms with E-state index in [-0.39, 0.29) is 17.0 Å². The fourth-order valence-corrected chi connectivity index (χ4v) is 2.95. The van der Waals surface area contributed by atoms with E-state index in [4.69, 9.17) is 6.42 Å². The van der Waals surface area contributed by atoms with Crippen molar-refractivity contribution in [3.8, 4) is 12.3 Å². The number of H-pyrrole nitrogens is 1. The maximum atomic E-state index is 5.31. The van der Waals surface area contributed by atoms with Gasteiger partial charge >= 0.3 is 0 Å². The quantitative estimate of drug-likeness (QED) is 0.411. The minimum Gasteiger partial charge on any atom is -1.00 e. The molecule has 0 unspecified atom stereocenters. The Morgan fingerprint density at radius 2 is 1.83 bits per heavy atom. The standard InChI is InChI=1S/C12H10N2.C10H19N4.BrH/c1-2-10-4-3-5-11(8-10)14-12-6-7-13-9-12;1-4-14(5-2,6-3)8-10-7-12-13-9-11-10;/h1,3-9,13-14H;7,9H,4-6,8H2,1-3H3;1H/q;+1;/p-1. The predicted molar refractivity (Wildman–Crippen MR) is 114 cm³/mol. The van der Waals surface area contributed by atoms with Gasteiger partial charge < -0.3 is 31.8 Å². The Kier molecular flexibility index (Phi) is 10.7. The number of halogens is 1. The summed E-state index contributed by atoms with van der Waals surface area (Å²) in [7, 11) is 0. The van der Waals surface area contributed by atoms with E-state index in [0.717, 1.165) is 53.3 Å². The molecule has 0 spiro atoms. The molecule has 154 valence electrons. The molecule has 2 heterocycles. The van der Waals surface area contributed by atoms with Crippen LogP contribution in [0.1, 0.15) is 32.0 Å². The van der Waals surface area contributed by atoms with Crippen molar-refractivity contribution in [3.63, 3.8) is 0 Å². The van der Waals surface area contributed by atoms with E-state index in [0.29, 0.717) is 0 Å². The minimum absolute atomic E-state index is 0. The maximum Gasteiger partial charge on any atom is 0.138 e. The van der Waals surface area contributed by atoms with Crippen molar-refractivity contribution in [2.45, 2.75) is 27.3 Å². The molecule has 0 saturated carbocycles. The number of rotatable bonds is 7. The third-order valence-electron chi connectivity index (χ3n) is 4.97. The first-order valence-electron chi connectivity index (χ1n) is 9.57. The molecule has 0 saturated heterocycles. The van der Waals surface area contributed by atoms with Gasteiger partial charge in [0.1, 0.15) is 18.6 Å². The van der Waals surface area contributed by atoms with Gasteiger partial charge in [0.15, 0.2) is 0 Å². The highest BCUT2D eigenvalue weighted by Gasteiger charge is 2.21. The van der Waals surface area contributed by atoms with Gasteiger partial charge in [0.2, 0.25) is 0 Å². The number of nitrogens with one attached hydrogen (secondary N) is 2. The first-order chi connectivity index (χ1) is 13.6. The molecule has 3 aromatic rings. The van der Waals surface area contributed by atoms with Gasteiger partial charge in [-0.15, -0.1) is 11.5 Å². The van der Waals surface area contributed by atoms with Crippen LogP contribution in [0.4, 0.5) is 11.4 Å². The molecule has 0 radical (unpaired) electrons. The Labute approximate surface area is 184 Å². The maximum absolute atomic E-state index is 5.31. The van der Waals surface area contributed by atoms with Gasteiger partial charge in [0.25, 0.3) is 0 Å². The summed E-state index contributed by atoms with van der Waals surface area (Å²) in [5.41, 5.74) is 3.94. The van der Waals surface area contributed by atoms with Crippen molar-refractivity contribution in [1.82, 2.24) is 20.2 Å². The Bertz CT molecular complexity index is 846. The summed E-state index contributed by atoms with van der Waals surface area (Å²) in [6.45, 7) is 11.0. The lowest BCUT2D eigenvalue weighted by molar-refractivity contribution is -0.936. The normalized spacial score (nSPS) is 10.1. The van der Waals surface area contributed by atoms with Crippen molar-refractivity contribution in [1.29, 1.82) is 0 Å². The molecule has 2 aromatic heterocycles. The average Bonchev–Trinajstić information content (AvgIpc) is 3.26. The van der Waals surface area contributed by atoms with Crippen molar-refractivity contribution in [2.75, 3.05) is 25.0 Å². The van der Waals surface area contributed by atoms with E-state index >= 15 is 0 Å². The monoisotopic (exact) mass is 456 g/mol. The SMILES string of the molecule is C#Cc1cccc(Nc2cc[nH]c2)c1.CC[N+](CC)(CC)Cc1cnncn1.[Br-]. The second kappa shape index (κ2) is 12.7. The molecule has 2 N–H and O–H groups in total. The molecule has 0 aliphatic heterocycles. The number of hydrogen-bond donors (Lipinski definition) is 2. The summed E-state index contributed by atoms with van der Waals surface area (Å²) in [5.74, 6) is 2.60. The minimum atomic E-state index is 0. The van der Waals surface area contributed by atoms with Crippen LogP contribution in [0.2, 0.25) is 0 Å². The topological polar surface area (TPSA) is 66.5 Å². The number of hydrogen-bond acceptors (Lipinski definition) is 4. The Hall–Kier alpha value is -2.69. The lowest BCUT2D eigenvalue weighted by atomic mass is 10.2.